The molecule has 0 fully saturated rings. The van der Waals surface area contributed by atoms with E-state index < -0.39 is 11.8 Å². The van der Waals surface area contributed by atoms with Gasteiger partial charge in [-0.25, -0.2) is 9.18 Å². The van der Waals surface area contributed by atoms with E-state index >= 15 is 0 Å². The molecule has 0 amide bonds. The molecule has 3 nitrogen and oxygen atoms in total. The van der Waals surface area contributed by atoms with Gasteiger partial charge in [0.1, 0.15) is 11.6 Å². The van der Waals surface area contributed by atoms with E-state index in [9.17, 15) is 14.4 Å². The van der Waals surface area contributed by atoms with Crippen molar-refractivity contribution in [2.24, 2.45) is 0 Å². The zero-order chi connectivity index (χ0) is 18.4. The molecule has 0 spiro atoms. The zero-order valence-electron chi connectivity index (χ0n) is 13.7. The molecule has 0 bridgehead atoms. The van der Waals surface area contributed by atoms with Crippen LogP contribution in [-0.2, 0) is 0 Å². The minimum atomic E-state index is -0.560. The van der Waals surface area contributed by atoms with Crippen LogP contribution in [0.15, 0.2) is 78.9 Å². The second-order valence-corrected chi connectivity index (χ2v) is 5.50. The predicted molar refractivity (Wildman–Crippen MR) is 97.7 cm³/mol. The van der Waals surface area contributed by atoms with Crippen LogP contribution >= 0.6 is 0 Å². The molecular formula is C22H14FNO2. The molecule has 0 aliphatic rings. The summed E-state index contributed by atoms with van der Waals surface area (Å²) >= 11 is 0. The van der Waals surface area contributed by atoms with Crippen LogP contribution in [0.5, 0.6) is 5.75 Å². The smallest absolute Gasteiger partial charge is 0.343 e. The molecule has 0 heterocycles. The van der Waals surface area contributed by atoms with E-state index in [-0.39, 0.29) is 5.56 Å². The van der Waals surface area contributed by atoms with Gasteiger partial charge < -0.3 is 4.74 Å². The summed E-state index contributed by atoms with van der Waals surface area (Å²) in [5.74, 6) is -0.602. The summed E-state index contributed by atoms with van der Waals surface area (Å²) < 4.78 is 18.2. The van der Waals surface area contributed by atoms with Gasteiger partial charge in [-0.05, 0) is 53.6 Å². The van der Waals surface area contributed by atoms with Gasteiger partial charge in [-0.2, -0.15) is 5.26 Å². The number of nitriles is 1. The largest absolute Gasteiger partial charge is 0.423 e. The van der Waals surface area contributed by atoms with Gasteiger partial charge in [0, 0.05) is 0 Å². The number of hydrogen-bond acceptors (Lipinski definition) is 3. The Labute approximate surface area is 150 Å². The minimum absolute atomic E-state index is 0.270. The molecule has 0 N–H and O–H groups in total. The molecule has 3 rings (SSSR count). The van der Waals surface area contributed by atoms with Gasteiger partial charge in [0.2, 0.25) is 0 Å². The summed E-state index contributed by atoms with van der Waals surface area (Å²) in [4.78, 5) is 12.0. The molecule has 3 aromatic carbocycles. The summed E-state index contributed by atoms with van der Waals surface area (Å²) in [5.41, 5.74) is 2.46. The van der Waals surface area contributed by atoms with Gasteiger partial charge in [0.25, 0.3) is 0 Å². The van der Waals surface area contributed by atoms with Crippen LogP contribution in [-0.4, -0.2) is 5.97 Å². The van der Waals surface area contributed by atoms with Crippen molar-refractivity contribution in [3.8, 4) is 11.8 Å². The van der Waals surface area contributed by atoms with Crippen molar-refractivity contribution in [3.63, 3.8) is 0 Å². The van der Waals surface area contributed by atoms with Crippen LogP contribution in [0.2, 0.25) is 0 Å². The Morgan fingerprint density at radius 1 is 0.885 bits per heavy atom. The van der Waals surface area contributed by atoms with Crippen molar-refractivity contribution in [2.75, 3.05) is 0 Å². The molecule has 3 aromatic rings. The standard InChI is InChI=1S/C22H14FNO2/c23-20-10-8-18(9-11-20)22(25)26-21-12-6-16(7-13-21)14-19(15-24)17-4-2-1-3-5-17/h1-14H/b19-14-. The molecule has 0 aliphatic heterocycles. The van der Waals surface area contributed by atoms with Gasteiger partial charge in [-0.3, -0.25) is 0 Å². The van der Waals surface area contributed by atoms with Crippen molar-refractivity contribution in [3.05, 3.63) is 101 Å². The average Bonchev–Trinajstić information content (AvgIpc) is 2.68. The fourth-order valence-electron chi connectivity index (χ4n) is 2.35. The summed E-state index contributed by atoms with van der Waals surface area (Å²) in [6.07, 6.45) is 1.76. The molecule has 0 aromatic heterocycles. The Morgan fingerprint density at radius 2 is 1.54 bits per heavy atom. The first-order valence-corrected chi connectivity index (χ1v) is 7.91. The molecule has 0 unspecified atom stereocenters. The summed E-state index contributed by atoms with van der Waals surface area (Å²) in [7, 11) is 0. The van der Waals surface area contributed by atoms with Gasteiger partial charge >= 0.3 is 5.97 Å². The summed E-state index contributed by atoms with van der Waals surface area (Å²) in [6.45, 7) is 0. The molecule has 0 radical (unpaired) electrons. The molecule has 4 heteroatoms. The first kappa shape index (κ1) is 17.1. The number of rotatable bonds is 4. The lowest BCUT2D eigenvalue weighted by molar-refractivity contribution is 0.0734. The highest BCUT2D eigenvalue weighted by Gasteiger charge is 2.08. The van der Waals surface area contributed by atoms with Gasteiger partial charge in [-0.1, -0.05) is 42.5 Å². The normalized spacial score (nSPS) is 10.8. The highest BCUT2D eigenvalue weighted by molar-refractivity contribution is 5.91. The lowest BCUT2D eigenvalue weighted by Crippen LogP contribution is -2.08. The number of ether oxygens (including phenoxy) is 1. The first-order chi connectivity index (χ1) is 12.7. The van der Waals surface area contributed by atoms with E-state index in [1.807, 2.05) is 30.3 Å². The Morgan fingerprint density at radius 3 is 2.15 bits per heavy atom. The SMILES string of the molecule is N#C/C(=C/c1ccc(OC(=O)c2ccc(F)cc2)cc1)c1ccccc1. The van der Waals surface area contributed by atoms with Crippen molar-refractivity contribution < 1.29 is 13.9 Å². The van der Waals surface area contributed by atoms with Crippen molar-refractivity contribution in [1.82, 2.24) is 0 Å². The molecule has 0 aliphatic carbocycles. The summed E-state index contributed by atoms with van der Waals surface area (Å²) in [5, 5.41) is 9.35. The molecule has 0 saturated carbocycles. The number of halogens is 1. The molecule has 0 atom stereocenters. The number of carbonyl (C=O) groups is 1. The predicted octanol–water partition coefficient (Wildman–Crippen LogP) is 5.11. The molecule has 26 heavy (non-hydrogen) atoms. The van der Waals surface area contributed by atoms with Crippen LogP contribution in [0.25, 0.3) is 11.6 Å². The third-order valence-corrected chi connectivity index (χ3v) is 3.69. The molecule has 0 saturated heterocycles. The molecule has 126 valence electrons. The second kappa shape index (κ2) is 7.91. The van der Waals surface area contributed by atoms with E-state index in [1.54, 1.807) is 30.3 Å². The van der Waals surface area contributed by atoms with E-state index in [0.29, 0.717) is 11.3 Å². The fourth-order valence-corrected chi connectivity index (χ4v) is 2.35. The Hall–Kier alpha value is -3.71. The molecular weight excluding hydrogens is 329 g/mol. The first-order valence-electron chi connectivity index (χ1n) is 7.91. The number of allylic oxidation sites excluding steroid dienone is 1. The van der Waals surface area contributed by atoms with E-state index in [0.717, 1.165) is 11.1 Å². The zero-order valence-corrected chi connectivity index (χ0v) is 13.7. The van der Waals surface area contributed by atoms with Crippen LogP contribution in [0.4, 0.5) is 4.39 Å². The Kier molecular flexibility index (Phi) is 5.21. The van der Waals surface area contributed by atoms with Gasteiger partial charge in [-0.15, -0.1) is 0 Å². The summed E-state index contributed by atoms with van der Waals surface area (Å²) in [6, 6.07) is 23.5. The Bertz CT molecular complexity index is 969. The number of nitrogens with zero attached hydrogens (tertiary/aromatic N) is 1. The lowest BCUT2D eigenvalue weighted by atomic mass is 10.0. The van der Waals surface area contributed by atoms with Gasteiger partial charge in [0.15, 0.2) is 0 Å². The maximum absolute atomic E-state index is 12.9. The number of hydrogen-bond donors (Lipinski definition) is 0. The third-order valence-electron chi connectivity index (χ3n) is 3.69. The van der Waals surface area contributed by atoms with E-state index in [1.165, 1.54) is 24.3 Å². The van der Waals surface area contributed by atoms with Crippen LogP contribution in [0.3, 0.4) is 0 Å². The minimum Gasteiger partial charge on any atom is -0.423 e. The fraction of sp³-hybridized carbons (Fsp3) is 0. The number of benzene rings is 3. The topological polar surface area (TPSA) is 50.1 Å². The van der Waals surface area contributed by atoms with Crippen LogP contribution in [0, 0.1) is 17.1 Å². The van der Waals surface area contributed by atoms with Crippen molar-refractivity contribution in [2.45, 2.75) is 0 Å². The highest BCUT2D eigenvalue weighted by atomic mass is 19.1. The van der Waals surface area contributed by atoms with Crippen LogP contribution < -0.4 is 4.74 Å². The second-order valence-electron chi connectivity index (χ2n) is 5.50. The number of carbonyl (C=O) groups excluding carboxylic acids is 1. The van der Waals surface area contributed by atoms with Crippen molar-refractivity contribution >= 4 is 17.6 Å². The quantitative estimate of drug-likeness (QED) is 0.286. The van der Waals surface area contributed by atoms with Crippen molar-refractivity contribution in [1.29, 1.82) is 5.26 Å². The van der Waals surface area contributed by atoms with Crippen LogP contribution in [0.1, 0.15) is 21.5 Å². The maximum Gasteiger partial charge on any atom is 0.343 e. The third kappa shape index (κ3) is 4.22. The monoisotopic (exact) mass is 343 g/mol. The number of esters is 1. The lowest BCUT2D eigenvalue weighted by Gasteiger charge is -2.05. The van der Waals surface area contributed by atoms with E-state index in [4.69, 9.17) is 4.74 Å². The van der Waals surface area contributed by atoms with Gasteiger partial charge in [0.05, 0.1) is 17.2 Å². The highest BCUT2D eigenvalue weighted by Crippen LogP contribution is 2.20. The average molecular weight is 343 g/mol. The van der Waals surface area contributed by atoms with E-state index in [2.05, 4.69) is 6.07 Å². The Balaban J connectivity index is 1.74. The maximum atomic E-state index is 12.9.